The molecule has 2 heterocycles. The van der Waals surface area contributed by atoms with Crippen LogP contribution in [0.15, 0.2) is 60.7 Å². The normalized spacial score (nSPS) is 24.0. The lowest BCUT2D eigenvalue weighted by molar-refractivity contribution is -0.146. The highest BCUT2D eigenvalue weighted by Gasteiger charge is 2.54. The van der Waals surface area contributed by atoms with Crippen LogP contribution in [-0.4, -0.2) is 47.6 Å². The lowest BCUT2D eigenvalue weighted by Gasteiger charge is -2.34. The molecule has 0 N–H and O–H groups in total. The summed E-state index contributed by atoms with van der Waals surface area (Å²) >= 11 is 0. The molecule has 3 atom stereocenters. The first kappa shape index (κ1) is 19.5. The zero-order valence-electron chi connectivity index (χ0n) is 16.6. The second-order valence-corrected chi connectivity index (χ2v) is 7.50. The third-order valence-electron chi connectivity index (χ3n) is 5.79. The van der Waals surface area contributed by atoms with E-state index in [0.29, 0.717) is 0 Å². The number of esters is 1. The molecule has 0 radical (unpaired) electrons. The average molecular weight is 394 g/mol. The van der Waals surface area contributed by atoms with Gasteiger partial charge in [-0.1, -0.05) is 67.1 Å². The van der Waals surface area contributed by atoms with Gasteiger partial charge in [0.2, 0.25) is 0 Å². The quantitative estimate of drug-likeness (QED) is 0.740. The van der Waals surface area contributed by atoms with Crippen molar-refractivity contribution in [2.75, 3.05) is 13.7 Å². The fourth-order valence-electron chi connectivity index (χ4n) is 4.50. The second kappa shape index (κ2) is 8.66. The van der Waals surface area contributed by atoms with E-state index >= 15 is 0 Å². The van der Waals surface area contributed by atoms with Gasteiger partial charge in [0, 0.05) is 12.6 Å². The number of fused-ring (bicyclic) bond motifs is 1. The highest BCUT2D eigenvalue weighted by Crippen LogP contribution is 2.42. The number of amides is 1. The molecule has 2 fully saturated rings. The van der Waals surface area contributed by atoms with E-state index in [0.717, 1.165) is 36.9 Å². The van der Waals surface area contributed by atoms with E-state index in [1.165, 1.54) is 7.11 Å². The minimum atomic E-state index is -0.672. The van der Waals surface area contributed by atoms with Gasteiger partial charge < -0.3 is 9.47 Å². The largest absolute Gasteiger partial charge is 0.467 e. The Morgan fingerprint density at radius 3 is 2.38 bits per heavy atom. The minimum Gasteiger partial charge on any atom is -0.467 e. The second-order valence-electron chi connectivity index (χ2n) is 7.50. The molecule has 2 saturated heterocycles. The summed E-state index contributed by atoms with van der Waals surface area (Å²) < 4.78 is 10.7. The SMILES string of the molecule is COC(=O)[C@@H]1[C@H]2CCCCN2[C@@H](c2ccccc2)N1C(=O)OCc1ccccc1. The van der Waals surface area contributed by atoms with E-state index in [1.807, 2.05) is 60.7 Å². The lowest BCUT2D eigenvalue weighted by Crippen LogP contribution is -2.47. The molecule has 4 rings (SSSR count). The van der Waals surface area contributed by atoms with Crippen LogP contribution in [0.5, 0.6) is 0 Å². The predicted octanol–water partition coefficient (Wildman–Crippen LogP) is 3.73. The summed E-state index contributed by atoms with van der Waals surface area (Å²) in [5.74, 6) is -0.392. The Bertz CT molecular complexity index is 842. The summed E-state index contributed by atoms with van der Waals surface area (Å²) in [6, 6.07) is 18.7. The monoisotopic (exact) mass is 394 g/mol. The number of methoxy groups -OCH3 is 1. The maximum absolute atomic E-state index is 13.2. The molecule has 0 unspecified atom stereocenters. The van der Waals surface area contributed by atoms with Gasteiger partial charge in [0.05, 0.1) is 7.11 Å². The van der Waals surface area contributed by atoms with E-state index in [9.17, 15) is 9.59 Å². The van der Waals surface area contributed by atoms with Crippen LogP contribution in [0.4, 0.5) is 4.79 Å². The zero-order chi connectivity index (χ0) is 20.2. The van der Waals surface area contributed by atoms with Gasteiger partial charge in [0.15, 0.2) is 6.04 Å². The Morgan fingerprint density at radius 2 is 1.69 bits per heavy atom. The maximum Gasteiger partial charge on any atom is 0.412 e. The first-order valence-electron chi connectivity index (χ1n) is 10.1. The molecule has 2 aromatic rings. The minimum absolute atomic E-state index is 0.0642. The molecule has 2 aliphatic heterocycles. The Hall–Kier alpha value is -2.86. The molecule has 6 nitrogen and oxygen atoms in total. The molecule has 0 saturated carbocycles. The first-order valence-corrected chi connectivity index (χ1v) is 10.1. The number of hydrogen-bond donors (Lipinski definition) is 0. The first-order chi connectivity index (χ1) is 14.2. The van der Waals surface area contributed by atoms with Crippen LogP contribution in [0.3, 0.4) is 0 Å². The Morgan fingerprint density at radius 1 is 1.00 bits per heavy atom. The van der Waals surface area contributed by atoms with Gasteiger partial charge in [-0.05, 0) is 24.0 Å². The summed E-state index contributed by atoms with van der Waals surface area (Å²) in [5.41, 5.74) is 1.88. The number of nitrogens with zero attached hydrogens (tertiary/aromatic N) is 2. The van der Waals surface area contributed by atoms with Crippen LogP contribution in [0.2, 0.25) is 0 Å². The van der Waals surface area contributed by atoms with E-state index in [4.69, 9.17) is 9.47 Å². The summed E-state index contributed by atoms with van der Waals surface area (Å²) in [6.45, 7) is 0.996. The molecule has 0 spiro atoms. The van der Waals surface area contributed by atoms with Crippen molar-refractivity contribution >= 4 is 12.1 Å². The van der Waals surface area contributed by atoms with Crippen molar-refractivity contribution in [3.05, 3.63) is 71.8 Å². The number of carbonyl (C=O) groups is 2. The van der Waals surface area contributed by atoms with Gasteiger partial charge in [0.25, 0.3) is 0 Å². The molecule has 0 bridgehead atoms. The Labute approximate surface area is 171 Å². The van der Waals surface area contributed by atoms with Crippen LogP contribution in [0.1, 0.15) is 36.6 Å². The molecule has 2 aromatic carbocycles. The third kappa shape index (κ3) is 3.85. The van der Waals surface area contributed by atoms with Crippen molar-refractivity contribution in [3.8, 4) is 0 Å². The molecule has 29 heavy (non-hydrogen) atoms. The number of hydrogen-bond acceptors (Lipinski definition) is 5. The number of piperidine rings is 1. The van der Waals surface area contributed by atoms with Gasteiger partial charge in [-0.2, -0.15) is 0 Å². The number of ether oxygens (including phenoxy) is 2. The number of benzene rings is 2. The maximum atomic E-state index is 13.2. The van der Waals surface area contributed by atoms with Crippen LogP contribution in [0.25, 0.3) is 0 Å². The Kier molecular flexibility index (Phi) is 5.81. The lowest BCUT2D eigenvalue weighted by atomic mass is 9.97. The van der Waals surface area contributed by atoms with Crippen LogP contribution in [-0.2, 0) is 20.9 Å². The van der Waals surface area contributed by atoms with Crippen LogP contribution in [0, 0.1) is 0 Å². The third-order valence-corrected chi connectivity index (χ3v) is 5.79. The van der Waals surface area contributed by atoms with Crippen molar-refractivity contribution in [2.45, 2.75) is 44.1 Å². The fourth-order valence-corrected chi connectivity index (χ4v) is 4.50. The molecule has 0 aromatic heterocycles. The molecule has 152 valence electrons. The average Bonchev–Trinajstić information content (AvgIpc) is 3.13. The molecular weight excluding hydrogens is 368 g/mol. The number of carbonyl (C=O) groups excluding carboxylic acids is 2. The fraction of sp³-hybridized carbons (Fsp3) is 0.391. The van der Waals surface area contributed by atoms with Crippen molar-refractivity contribution in [1.82, 2.24) is 9.80 Å². The van der Waals surface area contributed by atoms with Crippen molar-refractivity contribution < 1.29 is 19.1 Å². The van der Waals surface area contributed by atoms with Crippen molar-refractivity contribution in [2.24, 2.45) is 0 Å². The summed E-state index contributed by atoms with van der Waals surface area (Å²) in [4.78, 5) is 29.8. The molecule has 0 aliphatic carbocycles. The van der Waals surface area contributed by atoms with Gasteiger partial charge in [-0.15, -0.1) is 0 Å². The summed E-state index contributed by atoms with van der Waals surface area (Å²) in [5, 5.41) is 0. The van der Waals surface area contributed by atoms with Crippen molar-refractivity contribution in [3.63, 3.8) is 0 Å². The van der Waals surface area contributed by atoms with Gasteiger partial charge >= 0.3 is 12.1 Å². The predicted molar refractivity (Wildman–Crippen MR) is 108 cm³/mol. The van der Waals surface area contributed by atoms with E-state index in [2.05, 4.69) is 4.90 Å². The Balaban J connectivity index is 1.66. The molecule has 1 amide bonds. The standard InChI is InChI=1S/C23H26N2O4/c1-28-22(26)20-19-14-8-9-15-24(19)21(18-12-6-3-7-13-18)25(20)23(27)29-16-17-10-4-2-5-11-17/h2-7,10-13,19-21H,8-9,14-16H2,1H3/t19-,20+,21-/m1/s1. The topological polar surface area (TPSA) is 59.1 Å². The van der Waals surface area contributed by atoms with Gasteiger partial charge in [-0.25, -0.2) is 9.59 Å². The van der Waals surface area contributed by atoms with E-state index in [1.54, 1.807) is 4.90 Å². The molecular formula is C23H26N2O4. The highest BCUT2D eigenvalue weighted by molar-refractivity contribution is 5.83. The highest BCUT2D eigenvalue weighted by atomic mass is 16.6. The van der Waals surface area contributed by atoms with Crippen LogP contribution < -0.4 is 0 Å². The van der Waals surface area contributed by atoms with E-state index in [-0.39, 0.29) is 18.8 Å². The van der Waals surface area contributed by atoms with Gasteiger partial charge in [-0.3, -0.25) is 9.80 Å². The van der Waals surface area contributed by atoms with Crippen LogP contribution >= 0.6 is 0 Å². The smallest absolute Gasteiger partial charge is 0.412 e. The summed E-state index contributed by atoms with van der Waals surface area (Å²) in [6.07, 6.45) is 2.09. The molecule has 2 aliphatic rings. The summed E-state index contributed by atoms with van der Waals surface area (Å²) in [7, 11) is 1.37. The van der Waals surface area contributed by atoms with Crippen molar-refractivity contribution in [1.29, 1.82) is 0 Å². The number of rotatable bonds is 4. The van der Waals surface area contributed by atoms with Gasteiger partial charge in [0.1, 0.15) is 12.8 Å². The van der Waals surface area contributed by atoms with E-state index < -0.39 is 18.1 Å². The zero-order valence-corrected chi connectivity index (χ0v) is 16.6. The molecule has 6 heteroatoms.